The molecule has 0 bridgehead atoms. The maximum atomic E-state index is 12.1. The number of amides is 1. The van der Waals surface area contributed by atoms with Crippen LogP contribution in [0.5, 0.6) is 0 Å². The molecular weight excluding hydrogens is 244 g/mol. The average Bonchev–Trinajstić information content (AvgIpc) is 2.98. The highest BCUT2D eigenvalue weighted by Crippen LogP contribution is 2.12. The Bertz CT molecular complexity index is 443. The van der Waals surface area contributed by atoms with E-state index < -0.39 is 0 Å². The molecular formula is C12H18N6O. The second-order valence-electron chi connectivity index (χ2n) is 4.62. The van der Waals surface area contributed by atoms with Crippen LogP contribution in [0, 0.1) is 11.3 Å². The predicted molar refractivity (Wildman–Crippen MR) is 68.2 cm³/mol. The fourth-order valence-corrected chi connectivity index (χ4v) is 2.31. The van der Waals surface area contributed by atoms with Crippen LogP contribution in [0.4, 0.5) is 0 Å². The molecule has 1 aliphatic rings. The molecule has 1 aromatic rings. The van der Waals surface area contributed by atoms with Crippen molar-refractivity contribution >= 4 is 5.91 Å². The van der Waals surface area contributed by atoms with Crippen molar-refractivity contribution in [3.8, 4) is 6.07 Å². The van der Waals surface area contributed by atoms with Crippen LogP contribution in [0.15, 0.2) is 6.20 Å². The molecule has 7 heteroatoms. The van der Waals surface area contributed by atoms with Gasteiger partial charge in [0.2, 0.25) is 0 Å². The number of nitriles is 1. The molecule has 1 fully saturated rings. The zero-order chi connectivity index (χ0) is 13.7. The summed E-state index contributed by atoms with van der Waals surface area (Å²) in [4.78, 5) is 16.0. The maximum Gasteiger partial charge on any atom is 0.276 e. The number of aromatic nitrogens is 3. The third-order valence-corrected chi connectivity index (χ3v) is 3.39. The molecule has 0 radical (unpaired) electrons. The van der Waals surface area contributed by atoms with Crippen LogP contribution in [0.25, 0.3) is 0 Å². The van der Waals surface area contributed by atoms with Crippen LogP contribution < -0.4 is 0 Å². The summed E-state index contributed by atoms with van der Waals surface area (Å²) in [6.07, 6.45) is 3.31. The standard InChI is InChI=1S/C12H18N6O/c1-2-3-10(8-13)17-4-6-18(7-5-17)12(19)11-9-14-16-15-11/h9-10H,2-7H2,1H3,(H,14,15,16). The molecule has 1 saturated heterocycles. The summed E-state index contributed by atoms with van der Waals surface area (Å²) in [5.74, 6) is -0.0996. The molecule has 1 aliphatic heterocycles. The molecule has 2 rings (SSSR count). The van der Waals surface area contributed by atoms with Gasteiger partial charge in [0.1, 0.15) is 0 Å². The molecule has 1 unspecified atom stereocenters. The van der Waals surface area contributed by atoms with Crippen LogP contribution in [0.1, 0.15) is 30.3 Å². The van der Waals surface area contributed by atoms with Crippen LogP contribution in [0.2, 0.25) is 0 Å². The quantitative estimate of drug-likeness (QED) is 0.840. The van der Waals surface area contributed by atoms with E-state index in [9.17, 15) is 4.79 Å². The zero-order valence-electron chi connectivity index (χ0n) is 11.0. The van der Waals surface area contributed by atoms with Crippen molar-refractivity contribution in [2.75, 3.05) is 26.2 Å². The number of aromatic amines is 1. The summed E-state index contributed by atoms with van der Waals surface area (Å²) in [5.41, 5.74) is 0.346. The van der Waals surface area contributed by atoms with Gasteiger partial charge in [-0.15, -0.1) is 0 Å². The van der Waals surface area contributed by atoms with Gasteiger partial charge in [0.15, 0.2) is 5.69 Å². The highest BCUT2D eigenvalue weighted by atomic mass is 16.2. The Morgan fingerprint density at radius 3 is 2.79 bits per heavy atom. The van der Waals surface area contributed by atoms with E-state index in [-0.39, 0.29) is 11.9 Å². The summed E-state index contributed by atoms with van der Waals surface area (Å²) in [6.45, 7) is 4.82. The number of nitrogens with zero attached hydrogens (tertiary/aromatic N) is 5. The summed E-state index contributed by atoms with van der Waals surface area (Å²) in [7, 11) is 0. The van der Waals surface area contributed by atoms with Gasteiger partial charge in [-0.2, -0.15) is 20.7 Å². The summed E-state index contributed by atoms with van der Waals surface area (Å²) >= 11 is 0. The minimum absolute atomic E-state index is 0.0331. The minimum Gasteiger partial charge on any atom is -0.335 e. The highest BCUT2D eigenvalue weighted by molar-refractivity contribution is 5.91. The Hall–Kier alpha value is -1.94. The van der Waals surface area contributed by atoms with E-state index in [1.807, 2.05) is 0 Å². The molecule has 2 heterocycles. The van der Waals surface area contributed by atoms with Gasteiger partial charge in [0.25, 0.3) is 5.91 Å². The van der Waals surface area contributed by atoms with Crippen molar-refractivity contribution in [1.82, 2.24) is 25.2 Å². The van der Waals surface area contributed by atoms with Crippen molar-refractivity contribution < 1.29 is 4.79 Å². The van der Waals surface area contributed by atoms with E-state index in [1.54, 1.807) is 4.90 Å². The number of carbonyl (C=O) groups excluding carboxylic acids is 1. The Morgan fingerprint density at radius 2 is 2.26 bits per heavy atom. The zero-order valence-corrected chi connectivity index (χ0v) is 11.0. The minimum atomic E-state index is -0.0996. The number of rotatable bonds is 4. The lowest BCUT2D eigenvalue weighted by atomic mass is 10.1. The van der Waals surface area contributed by atoms with Crippen molar-refractivity contribution in [3.05, 3.63) is 11.9 Å². The van der Waals surface area contributed by atoms with Crippen LogP contribution in [-0.2, 0) is 0 Å². The first-order valence-corrected chi connectivity index (χ1v) is 6.55. The maximum absolute atomic E-state index is 12.1. The van der Waals surface area contributed by atoms with Gasteiger partial charge in [0, 0.05) is 26.2 Å². The van der Waals surface area contributed by atoms with Crippen molar-refractivity contribution in [2.24, 2.45) is 0 Å². The van der Waals surface area contributed by atoms with Gasteiger partial charge < -0.3 is 4.90 Å². The fraction of sp³-hybridized carbons (Fsp3) is 0.667. The molecule has 1 amide bonds. The number of hydrogen-bond acceptors (Lipinski definition) is 5. The molecule has 0 aromatic carbocycles. The van der Waals surface area contributed by atoms with Gasteiger partial charge in [-0.1, -0.05) is 13.3 Å². The van der Waals surface area contributed by atoms with Gasteiger partial charge in [-0.05, 0) is 6.42 Å². The van der Waals surface area contributed by atoms with Gasteiger partial charge in [0.05, 0.1) is 18.3 Å². The van der Waals surface area contributed by atoms with Crippen molar-refractivity contribution in [2.45, 2.75) is 25.8 Å². The van der Waals surface area contributed by atoms with E-state index in [4.69, 9.17) is 5.26 Å². The summed E-state index contributed by atoms with van der Waals surface area (Å²) in [6, 6.07) is 2.31. The first-order chi connectivity index (χ1) is 9.26. The monoisotopic (exact) mass is 262 g/mol. The topological polar surface area (TPSA) is 88.9 Å². The molecule has 0 aliphatic carbocycles. The molecule has 1 aromatic heterocycles. The fourth-order valence-electron chi connectivity index (χ4n) is 2.31. The van der Waals surface area contributed by atoms with E-state index in [0.717, 1.165) is 25.9 Å². The van der Waals surface area contributed by atoms with E-state index in [1.165, 1.54) is 6.20 Å². The van der Waals surface area contributed by atoms with Gasteiger partial charge in [-0.25, -0.2) is 0 Å². The Kier molecular flexibility index (Phi) is 4.47. The molecule has 0 saturated carbocycles. The second-order valence-corrected chi connectivity index (χ2v) is 4.62. The van der Waals surface area contributed by atoms with Crippen molar-refractivity contribution in [3.63, 3.8) is 0 Å². The Balaban J connectivity index is 1.89. The van der Waals surface area contributed by atoms with Crippen LogP contribution in [-0.4, -0.2) is 63.3 Å². The number of carbonyl (C=O) groups is 1. The molecule has 7 nitrogen and oxygen atoms in total. The van der Waals surface area contributed by atoms with Gasteiger partial charge in [-0.3, -0.25) is 9.69 Å². The summed E-state index contributed by atoms with van der Waals surface area (Å²) in [5, 5.41) is 19.0. The number of hydrogen-bond donors (Lipinski definition) is 1. The Labute approximate surface area is 112 Å². The third-order valence-electron chi connectivity index (χ3n) is 3.39. The third kappa shape index (κ3) is 3.09. The number of nitrogens with one attached hydrogen (secondary N) is 1. The lowest BCUT2D eigenvalue weighted by molar-refractivity contribution is 0.0595. The normalized spacial score (nSPS) is 18.0. The van der Waals surface area contributed by atoms with Crippen molar-refractivity contribution in [1.29, 1.82) is 5.26 Å². The Morgan fingerprint density at radius 1 is 1.53 bits per heavy atom. The molecule has 19 heavy (non-hydrogen) atoms. The first kappa shape index (κ1) is 13.5. The number of piperazine rings is 1. The lowest BCUT2D eigenvalue weighted by Gasteiger charge is -2.36. The SMILES string of the molecule is CCCC(C#N)N1CCN(C(=O)c2cn[nH]n2)CC1. The number of H-pyrrole nitrogens is 1. The predicted octanol–water partition coefficient (Wildman–Crippen LogP) is 0.255. The van der Waals surface area contributed by atoms with E-state index >= 15 is 0 Å². The lowest BCUT2D eigenvalue weighted by Crippen LogP contribution is -2.51. The van der Waals surface area contributed by atoms with E-state index in [0.29, 0.717) is 18.8 Å². The molecule has 1 N–H and O–H groups in total. The smallest absolute Gasteiger partial charge is 0.276 e. The largest absolute Gasteiger partial charge is 0.335 e. The molecule has 102 valence electrons. The second kappa shape index (κ2) is 6.29. The van der Waals surface area contributed by atoms with Crippen LogP contribution in [0.3, 0.4) is 0 Å². The van der Waals surface area contributed by atoms with Crippen LogP contribution >= 0.6 is 0 Å². The first-order valence-electron chi connectivity index (χ1n) is 6.55. The molecule has 0 spiro atoms. The average molecular weight is 262 g/mol. The van der Waals surface area contributed by atoms with E-state index in [2.05, 4.69) is 33.3 Å². The molecule has 1 atom stereocenters. The van der Waals surface area contributed by atoms with Gasteiger partial charge >= 0.3 is 0 Å². The summed E-state index contributed by atoms with van der Waals surface area (Å²) < 4.78 is 0. The highest BCUT2D eigenvalue weighted by Gasteiger charge is 2.26.